The van der Waals surface area contributed by atoms with Crippen molar-refractivity contribution in [2.75, 3.05) is 26.7 Å². The van der Waals surface area contributed by atoms with Crippen LogP contribution in [0.2, 0.25) is 0 Å². The van der Waals surface area contributed by atoms with Gasteiger partial charge in [0.15, 0.2) is 0 Å². The largest absolute Gasteiger partial charge is 0.351 e. The molecule has 1 aromatic carbocycles. The summed E-state index contributed by atoms with van der Waals surface area (Å²) in [5.74, 6) is -0.765. The Kier molecular flexibility index (Phi) is 4.43. The molecule has 1 aliphatic rings. The first-order valence-electron chi connectivity index (χ1n) is 7.13. The summed E-state index contributed by atoms with van der Waals surface area (Å²) in [7, 11) is 2.11. The first-order chi connectivity index (χ1) is 9.39. The lowest BCUT2D eigenvalue weighted by atomic mass is 9.80. The number of hydrogen-bond donors (Lipinski definition) is 1. The molecule has 0 atom stereocenters. The summed E-state index contributed by atoms with van der Waals surface area (Å²) in [4.78, 5) is 14.4. The molecular weight excluding hydrogens is 255 g/mol. The molecule has 0 aliphatic carbocycles. The van der Waals surface area contributed by atoms with Gasteiger partial charge in [0.05, 0.1) is 5.56 Å². The van der Waals surface area contributed by atoms with Crippen LogP contribution in [0.3, 0.4) is 0 Å². The van der Waals surface area contributed by atoms with Gasteiger partial charge < -0.3 is 10.2 Å². The zero-order valence-electron chi connectivity index (χ0n) is 12.5. The number of carbonyl (C=O) groups excluding carboxylic acids is 1. The molecule has 1 aliphatic heterocycles. The van der Waals surface area contributed by atoms with Crippen LogP contribution >= 0.6 is 0 Å². The first-order valence-corrected chi connectivity index (χ1v) is 7.13. The van der Waals surface area contributed by atoms with E-state index in [1.165, 1.54) is 6.07 Å². The van der Waals surface area contributed by atoms with E-state index in [2.05, 4.69) is 24.2 Å². The molecule has 1 N–H and O–H groups in total. The molecule has 0 unspecified atom stereocenters. The van der Waals surface area contributed by atoms with Crippen LogP contribution in [0.15, 0.2) is 18.2 Å². The monoisotopic (exact) mass is 278 g/mol. The molecule has 0 saturated carbocycles. The van der Waals surface area contributed by atoms with Crippen LogP contribution in [0.1, 0.15) is 35.7 Å². The second kappa shape index (κ2) is 5.92. The number of nitrogens with one attached hydrogen (secondary N) is 1. The van der Waals surface area contributed by atoms with Crippen LogP contribution in [0.5, 0.6) is 0 Å². The maximum absolute atomic E-state index is 13.7. The third-order valence-corrected chi connectivity index (χ3v) is 4.24. The summed E-state index contributed by atoms with van der Waals surface area (Å²) < 4.78 is 13.7. The highest BCUT2D eigenvalue weighted by Gasteiger charge is 2.29. The van der Waals surface area contributed by atoms with Crippen LogP contribution < -0.4 is 5.32 Å². The smallest absolute Gasteiger partial charge is 0.254 e. The molecule has 0 spiro atoms. The second-order valence-corrected chi connectivity index (χ2v) is 6.28. The van der Waals surface area contributed by atoms with Gasteiger partial charge in [-0.15, -0.1) is 0 Å². The van der Waals surface area contributed by atoms with E-state index < -0.39 is 5.82 Å². The minimum Gasteiger partial charge on any atom is -0.351 e. The number of hydrogen-bond acceptors (Lipinski definition) is 2. The van der Waals surface area contributed by atoms with E-state index in [-0.39, 0.29) is 16.9 Å². The first kappa shape index (κ1) is 15.0. The molecule has 0 aromatic heterocycles. The van der Waals surface area contributed by atoms with Gasteiger partial charge in [0.25, 0.3) is 5.91 Å². The van der Waals surface area contributed by atoms with Crippen molar-refractivity contribution in [3.63, 3.8) is 0 Å². The van der Waals surface area contributed by atoms with Crippen LogP contribution in [0.4, 0.5) is 4.39 Å². The predicted octanol–water partition coefficient (Wildman–Crippen LogP) is 2.60. The van der Waals surface area contributed by atoms with E-state index in [1.54, 1.807) is 12.1 Å². The Bertz CT molecular complexity index is 493. The summed E-state index contributed by atoms with van der Waals surface area (Å²) in [6, 6.07) is 4.71. The van der Waals surface area contributed by atoms with Gasteiger partial charge in [-0.25, -0.2) is 4.39 Å². The standard InChI is InChI=1S/C16H23FN2O/c1-12-4-5-13(14(17)10-12)15(20)18-11-16(2)6-8-19(3)9-7-16/h4-5,10H,6-9,11H2,1-3H3,(H,18,20). The van der Waals surface area contributed by atoms with Crippen molar-refractivity contribution in [2.24, 2.45) is 5.41 Å². The van der Waals surface area contributed by atoms with Gasteiger partial charge in [0.2, 0.25) is 0 Å². The van der Waals surface area contributed by atoms with Gasteiger partial charge >= 0.3 is 0 Å². The Balaban J connectivity index is 1.95. The molecule has 110 valence electrons. The lowest BCUT2D eigenvalue weighted by Crippen LogP contribution is -2.43. The molecule has 1 fully saturated rings. The van der Waals surface area contributed by atoms with Crippen LogP contribution in [-0.2, 0) is 0 Å². The van der Waals surface area contributed by atoms with E-state index in [9.17, 15) is 9.18 Å². The fourth-order valence-corrected chi connectivity index (χ4v) is 2.53. The Hall–Kier alpha value is -1.42. The van der Waals surface area contributed by atoms with Gasteiger partial charge in [0.1, 0.15) is 5.82 Å². The number of piperidine rings is 1. The number of rotatable bonds is 3. The Morgan fingerprint density at radius 1 is 1.40 bits per heavy atom. The molecule has 1 heterocycles. The van der Waals surface area contributed by atoms with Gasteiger partial charge in [0, 0.05) is 6.54 Å². The van der Waals surface area contributed by atoms with E-state index >= 15 is 0 Å². The molecule has 3 nitrogen and oxygen atoms in total. The zero-order valence-corrected chi connectivity index (χ0v) is 12.5. The Morgan fingerprint density at radius 2 is 2.05 bits per heavy atom. The van der Waals surface area contributed by atoms with Crippen molar-refractivity contribution in [3.8, 4) is 0 Å². The van der Waals surface area contributed by atoms with Gasteiger partial charge in [-0.3, -0.25) is 4.79 Å². The van der Waals surface area contributed by atoms with Crippen LogP contribution in [-0.4, -0.2) is 37.5 Å². The molecule has 0 radical (unpaired) electrons. The average molecular weight is 278 g/mol. The molecule has 0 bridgehead atoms. The quantitative estimate of drug-likeness (QED) is 0.921. The van der Waals surface area contributed by atoms with E-state index in [0.717, 1.165) is 31.5 Å². The summed E-state index contributed by atoms with van der Waals surface area (Å²) >= 11 is 0. The number of benzene rings is 1. The summed E-state index contributed by atoms with van der Waals surface area (Å²) in [5, 5.41) is 2.89. The fraction of sp³-hybridized carbons (Fsp3) is 0.562. The predicted molar refractivity (Wildman–Crippen MR) is 78.3 cm³/mol. The normalized spacial score (nSPS) is 18.8. The lowest BCUT2D eigenvalue weighted by molar-refractivity contribution is 0.0887. The molecule has 1 aromatic rings. The zero-order chi connectivity index (χ0) is 14.8. The molecule has 2 rings (SSSR count). The van der Waals surface area contributed by atoms with Crippen molar-refractivity contribution >= 4 is 5.91 Å². The third kappa shape index (κ3) is 3.57. The number of carbonyl (C=O) groups is 1. The van der Waals surface area contributed by atoms with E-state index in [4.69, 9.17) is 0 Å². The van der Waals surface area contributed by atoms with Crippen molar-refractivity contribution in [3.05, 3.63) is 35.1 Å². The average Bonchev–Trinajstić information content (AvgIpc) is 2.40. The van der Waals surface area contributed by atoms with E-state index in [0.29, 0.717) is 6.54 Å². The lowest BCUT2D eigenvalue weighted by Gasteiger charge is -2.37. The van der Waals surface area contributed by atoms with Gasteiger partial charge in [-0.2, -0.15) is 0 Å². The maximum Gasteiger partial charge on any atom is 0.254 e. The number of nitrogens with zero attached hydrogens (tertiary/aromatic N) is 1. The topological polar surface area (TPSA) is 32.3 Å². The number of aryl methyl sites for hydroxylation is 1. The highest BCUT2D eigenvalue weighted by Crippen LogP contribution is 2.29. The van der Waals surface area contributed by atoms with Crippen molar-refractivity contribution in [2.45, 2.75) is 26.7 Å². The van der Waals surface area contributed by atoms with Crippen molar-refractivity contribution < 1.29 is 9.18 Å². The molecule has 20 heavy (non-hydrogen) atoms. The summed E-state index contributed by atoms with van der Waals surface area (Å²) in [5.41, 5.74) is 1.07. The molecule has 4 heteroatoms. The van der Waals surface area contributed by atoms with Crippen molar-refractivity contribution in [1.29, 1.82) is 0 Å². The SMILES string of the molecule is Cc1ccc(C(=O)NCC2(C)CCN(C)CC2)c(F)c1. The van der Waals surface area contributed by atoms with Crippen LogP contribution in [0, 0.1) is 18.2 Å². The third-order valence-electron chi connectivity index (χ3n) is 4.24. The Labute approximate surface area is 120 Å². The van der Waals surface area contributed by atoms with E-state index in [1.807, 2.05) is 6.92 Å². The van der Waals surface area contributed by atoms with Gasteiger partial charge in [-0.1, -0.05) is 13.0 Å². The molecule has 1 amide bonds. The second-order valence-electron chi connectivity index (χ2n) is 6.28. The van der Waals surface area contributed by atoms with Crippen LogP contribution in [0.25, 0.3) is 0 Å². The summed E-state index contributed by atoms with van der Waals surface area (Å²) in [6.45, 7) is 6.69. The summed E-state index contributed by atoms with van der Waals surface area (Å²) in [6.07, 6.45) is 2.11. The van der Waals surface area contributed by atoms with Crippen molar-refractivity contribution in [1.82, 2.24) is 10.2 Å². The number of likely N-dealkylation sites (tertiary alicyclic amines) is 1. The molecular formula is C16H23FN2O. The maximum atomic E-state index is 13.7. The molecule has 1 saturated heterocycles. The minimum absolute atomic E-state index is 0.114. The van der Waals surface area contributed by atoms with Gasteiger partial charge in [-0.05, 0) is 63.0 Å². The number of amides is 1. The Morgan fingerprint density at radius 3 is 2.65 bits per heavy atom. The highest BCUT2D eigenvalue weighted by molar-refractivity contribution is 5.94. The fourth-order valence-electron chi connectivity index (χ4n) is 2.53. The number of halogens is 1. The minimum atomic E-state index is -0.448. The highest BCUT2D eigenvalue weighted by atomic mass is 19.1.